The monoisotopic (exact) mass is 228 g/mol. The van der Waals surface area contributed by atoms with Crippen LogP contribution in [0.4, 0.5) is 0 Å². The Morgan fingerprint density at radius 3 is 2.82 bits per heavy atom. The molecule has 1 aliphatic carbocycles. The lowest BCUT2D eigenvalue weighted by atomic mass is 10.0. The first kappa shape index (κ1) is 10.8. The van der Waals surface area contributed by atoms with Crippen LogP contribution >= 0.6 is 0 Å². The summed E-state index contributed by atoms with van der Waals surface area (Å²) in [5, 5.41) is 1.35. The molecule has 1 fully saturated rings. The average molecular weight is 228 g/mol. The molecule has 2 aromatic rings. The molecular weight excluding hydrogens is 208 g/mol. The third-order valence-corrected chi connectivity index (χ3v) is 3.98. The average Bonchev–Trinajstić information content (AvgIpc) is 3.14. The molecule has 1 aromatic carbocycles. The normalized spacial score (nSPS) is 17.6. The summed E-state index contributed by atoms with van der Waals surface area (Å²) in [4.78, 5) is 0. The Morgan fingerprint density at radius 1 is 1.41 bits per heavy atom. The van der Waals surface area contributed by atoms with Gasteiger partial charge in [0.05, 0.1) is 0 Å². The molecule has 1 aromatic heterocycles. The van der Waals surface area contributed by atoms with Crippen LogP contribution in [-0.2, 0) is 13.5 Å². The van der Waals surface area contributed by atoms with Crippen molar-refractivity contribution in [1.82, 2.24) is 4.57 Å². The molecule has 0 spiro atoms. The predicted octanol–water partition coefficient (Wildman–Crippen LogP) is 3.15. The highest BCUT2D eigenvalue weighted by molar-refractivity contribution is 5.85. The molecule has 0 amide bonds. The van der Waals surface area contributed by atoms with Crippen molar-refractivity contribution >= 4 is 10.9 Å². The van der Waals surface area contributed by atoms with Crippen LogP contribution in [0, 0.1) is 5.92 Å². The van der Waals surface area contributed by atoms with Crippen LogP contribution in [0.1, 0.15) is 36.9 Å². The summed E-state index contributed by atoms with van der Waals surface area (Å²) in [5.41, 5.74) is 10.4. The summed E-state index contributed by atoms with van der Waals surface area (Å²) < 4.78 is 2.20. The molecule has 90 valence electrons. The fourth-order valence-electron chi connectivity index (χ4n) is 2.66. The quantitative estimate of drug-likeness (QED) is 0.859. The van der Waals surface area contributed by atoms with Crippen molar-refractivity contribution in [3.05, 3.63) is 35.5 Å². The Labute approximate surface area is 102 Å². The van der Waals surface area contributed by atoms with E-state index in [9.17, 15) is 0 Å². The van der Waals surface area contributed by atoms with Gasteiger partial charge in [-0.15, -0.1) is 0 Å². The van der Waals surface area contributed by atoms with Crippen molar-refractivity contribution in [2.45, 2.75) is 32.2 Å². The first-order chi connectivity index (χ1) is 8.20. The lowest BCUT2D eigenvalue weighted by Crippen LogP contribution is -2.11. The van der Waals surface area contributed by atoms with E-state index in [1.165, 1.54) is 34.9 Å². The zero-order chi connectivity index (χ0) is 12.0. The number of hydrogen-bond acceptors (Lipinski definition) is 1. The zero-order valence-electron chi connectivity index (χ0n) is 10.6. The molecule has 0 bridgehead atoms. The predicted molar refractivity (Wildman–Crippen MR) is 71.9 cm³/mol. The lowest BCUT2D eigenvalue weighted by Gasteiger charge is -2.09. The first-order valence-corrected chi connectivity index (χ1v) is 6.54. The summed E-state index contributed by atoms with van der Waals surface area (Å²) >= 11 is 0. The number of rotatable bonds is 3. The smallest absolute Gasteiger partial charge is 0.0481 e. The highest BCUT2D eigenvalue weighted by Crippen LogP contribution is 2.41. The van der Waals surface area contributed by atoms with Gasteiger partial charge in [0.15, 0.2) is 0 Å². The SMILES string of the molecule is CCc1ccc2c(c1)c(C(N)C1CC1)cn2C. The van der Waals surface area contributed by atoms with Crippen LogP contribution in [0.25, 0.3) is 10.9 Å². The lowest BCUT2D eigenvalue weighted by molar-refractivity contribution is 0.635. The topological polar surface area (TPSA) is 30.9 Å². The fraction of sp³-hybridized carbons (Fsp3) is 0.467. The van der Waals surface area contributed by atoms with E-state index in [1.54, 1.807) is 0 Å². The van der Waals surface area contributed by atoms with Crippen molar-refractivity contribution in [1.29, 1.82) is 0 Å². The highest BCUT2D eigenvalue weighted by atomic mass is 14.9. The largest absolute Gasteiger partial charge is 0.350 e. The maximum absolute atomic E-state index is 6.36. The van der Waals surface area contributed by atoms with Gasteiger partial charge in [0.25, 0.3) is 0 Å². The Balaban J connectivity index is 2.15. The number of fused-ring (bicyclic) bond motifs is 1. The van der Waals surface area contributed by atoms with Gasteiger partial charge in [0.2, 0.25) is 0 Å². The van der Waals surface area contributed by atoms with E-state index in [0.29, 0.717) is 5.92 Å². The van der Waals surface area contributed by atoms with E-state index in [1.807, 2.05) is 0 Å². The maximum Gasteiger partial charge on any atom is 0.0481 e. The van der Waals surface area contributed by atoms with E-state index >= 15 is 0 Å². The van der Waals surface area contributed by atoms with Crippen LogP contribution < -0.4 is 5.73 Å². The molecule has 0 radical (unpaired) electrons. The number of nitrogens with zero attached hydrogens (tertiary/aromatic N) is 1. The minimum Gasteiger partial charge on any atom is -0.350 e. The number of aromatic nitrogens is 1. The molecule has 2 nitrogen and oxygen atoms in total. The number of nitrogens with two attached hydrogens (primary N) is 1. The highest BCUT2D eigenvalue weighted by Gasteiger charge is 2.31. The molecule has 3 rings (SSSR count). The summed E-state index contributed by atoms with van der Waals surface area (Å²) in [6.07, 6.45) is 5.89. The van der Waals surface area contributed by atoms with Crippen molar-refractivity contribution < 1.29 is 0 Å². The molecule has 0 aliphatic heterocycles. The molecule has 2 heteroatoms. The van der Waals surface area contributed by atoms with Crippen molar-refractivity contribution in [3.63, 3.8) is 0 Å². The summed E-state index contributed by atoms with van der Waals surface area (Å²) in [7, 11) is 2.11. The van der Waals surface area contributed by atoms with Crippen LogP contribution in [-0.4, -0.2) is 4.57 Å². The van der Waals surface area contributed by atoms with Crippen LogP contribution in [0.5, 0.6) is 0 Å². The molecule has 1 saturated carbocycles. The van der Waals surface area contributed by atoms with Gasteiger partial charge in [-0.1, -0.05) is 13.0 Å². The van der Waals surface area contributed by atoms with Gasteiger partial charge in [0.1, 0.15) is 0 Å². The maximum atomic E-state index is 6.36. The Bertz CT molecular complexity index is 549. The second-order valence-corrected chi connectivity index (χ2v) is 5.26. The zero-order valence-corrected chi connectivity index (χ0v) is 10.6. The van der Waals surface area contributed by atoms with Gasteiger partial charge in [-0.05, 0) is 48.4 Å². The molecule has 1 heterocycles. The number of benzene rings is 1. The van der Waals surface area contributed by atoms with Gasteiger partial charge >= 0.3 is 0 Å². The van der Waals surface area contributed by atoms with Gasteiger partial charge in [-0.25, -0.2) is 0 Å². The van der Waals surface area contributed by atoms with E-state index in [4.69, 9.17) is 5.73 Å². The number of aryl methyl sites for hydroxylation is 2. The molecule has 17 heavy (non-hydrogen) atoms. The van der Waals surface area contributed by atoms with E-state index in [2.05, 4.69) is 42.9 Å². The summed E-state index contributed by atoms with van der Waals surface area (Å²) in [6.45, 7) is 2.20. The molecule has 1 aliphatic rings. The van der Waals surface area contributed by atoms with Gasteiger partial charge in [0, 0.05) is 30.2 Å². The molecule has 1 atom stereocenters. The Hall–Kier alpha value is -1.28. The molecular formula is C15H20N2. The Kier molecular flexibility index (Phi) is 2.48. The standard InChI is InChI=1S/C15H20N2/c1-3-10-4-7-14-12(8-10)13(9-17(14)2)15(16)11-5-6-11/h4,7-9,11,15H,3,5-6,16H2,1-2H3. The summed E-state index contributed by atoms with van der Waals surface area (Å²) in [6, 6.07) is 6.98. The fourth-order valence-corrected chi connectivity index (χ4v) is 2.66. The summed E-state index contributed by atoms with van der Waals surface area (Å²) in [5.74, 6) is 0.714. The number of hydrogen-bond donors (Lipinski definition) is 1. The second-order valence-electron chi connectivity index (χ2n) is 5.26. The van der Waals surface area contributed by atoms with E-state index < -0.39 is 0 Å². The van der Waals surface area contributed by atoms with Crippen molar-refractivity contribution in [2.24, 2.45) is 18.7 Å². The van der Waals surface area contributed by atoms with Crippen LogP contribution in [0.3, 0.4) is 0 Å². The third-order valence-electron chi connectivity index (χ3n) is 3.98. The first-order valence-electron chi connectivity index (χ1n) is 6.54. The van der Waals surface area contributed by atoms with Crippen molar-refractivity contribution in [3.8, 4) is 0 Å². The minimum absolute atomic E-state index is 0.228. The van der Waals surface area contributed by atoms with Gasteiger partial charge in [-0.3, -0.25) is 0 Å². The minimum atomic E-state index is 0.228. The Morgan fingerprint density at radius 2 is 2.18 bits per heavy atom. The third kappa shape index (κ3) is 1.77. The second kappa shape index (κ2) is 3.88. The van der Waals surface area contributed by atoms with E-state index in [-0.39, 0.29) is 6.04 Å². The van der Waals surface area contributed by atoms with Crippen LogP contribution in [0.2, 0.25) is 0 Å². The van der Waals surface area contributed by atoms with Crippen LogP contribution in [0.15, 0.2) is 24.4 Å². The van der Waals surface area contributed by atoms with E-state index in [0.717, 1.165) is 6.42 Å². The molecule has 2 N–H and O–H groups in total. The van der Waals surface area contributed by atoms with Gasteiger partial charge in [-0.2, -0.15) is 0 Å². The van der Waals surface area contributed by atoms with Gasteiger partial charge < -0.3 is 10.3 Å². The molecule has 0 saturated heterocycles. The molecule has 1 unspecified atom stereocenters. The van der Waals surface area contributed by atoms with Crippen molar-refractivity contribution in [2.75, 3.05) is 0 Å².